The molecule has 2 heteroatoms. The Balaban J connectivity index is 1.93. The SMILES string of the molecule is CCCNC1CCC(C)CC1CN1CCCC1(C)C. The van der Waals surface area contributed by atoms with Gasteiger partial charge in [-0.25, -0.2) is 0 Å². The van der Waals surface area contributed by atoms with Crippen molar-refractivity contribution in [3.63, 3.8) is 0 Å². The van der Waals surface area contributed by atoms with Crippen LogP contribution in [0.1, 0.15) is 66.2 Å². The maximum absolute atomic E-state index is 3.82. The molecule has 2 nitrogen and oxygen atoms in total. The summed E-state index contributed by atoms with van der Waals surface area (Å²) in [6.45, 7) is 13.4. The van der Waals surface area contributed by atoms with E-state index in [4.69, 9.17) is 0 Å². The second-order valence-electron chi connectivity index (χ2n) is 7.60. The number of nitrogens with one attached hydrogen (secondary N) is 1. The second kappa shape index (κ2) is 6.58. The standard InChI is InChI=1S/C17H34N2/c1-5-10-18-16-8-7-14(2)12-15(16)13-19-11-6-9-17(19,3)4/h14-16,18H,5-13H2,1-4H3. The van der Waals surface area contributed by atoms with Crippen molar-refractivity contribution in [1.29, 1.82) is 0 Å². The third-order valence-corrected chi connectivity index (χ3v) is 5.43. The molecule has 19 heavy (non-hydrogen) atoms. The molecule has 0 bridgehead atoms. The highest BCUT2D eigenvalue weighted by Gasteiger charge is 2.36. The Bertz CT molecular complexity index is 272. The quantitative estimate of drug-likeness (QED) is 0.817. The van der Waals surface area contributed by atoms with Crippen LogP contribution in [0.2, 0.25) is 0 Å². The Morgan fingerprint density at radius 3 is 2.68 bits per heavy atom. The number of likely N-dealkylation sites (tertiary alicyclic amines) is 1. The van der Waals surface area contributed by atoms with Crippen molar-refractivity contribution < 1.29 is 0 Å². The van der Waals surface area contributed by atoms with Crippen molar-refractivity contribution in [2.24, 2.45) is 11.8 Å². The van der Waals surface area contributed by atoms with E-state index in [9.17, 15) is 0 Å². The summed E-state index contributed by atoms with van der Waals surface area (Å²) in [6, 6.07) is 0.771. The molecule has 0 aromatic carbocycles. The van der Waals surface area contributed by atoms with Crippen LogP contribution in [-0.2, 0) is 0 Å². The molecule has 1 N–H and O–H groups in total. The highest BCUT2D eigenvalue weighted by atomic mass is 15.2. The van der Waals surface area contributed by atoms with Crippen molar-refractivity contribution in [1.82, 2.24) is 10.2 Å². The topological polar surface area (TPSA) is 15.3 Å². The maximum Gasteiger partial charge on any atom is 0.0153 e. The van der Waals surface area contributed by atoms with Gasteiger partial charge in [-0.1, -0.05) is 13.8 Å². The first-order valence-corrected chi connectivity index (χ1v) is 8.51. The normalized spacial score (nSPS) is 35.7. The van der Waals surface area contributed by atoms with Crippen LogP contribution in [0.25, 0.3) is 0 Å². The lowest BCUT2D eigenvalue weighted by atomic mass is 9.78. The fraction of sp³-hybridized carbons (Fsp3) is 1.00. The molecular formula is C17H34N2. The lowest BCUT2D eigenvalue weighted by molar-refractivity contribution is 0.102. The predicted octanol–water partition coefficient (Wildman–Crippen LogP) is 3.67. The zero-order valence-corrected chi connectivity index (χ0v) is 13.5. The maximum atomic E-state index is 3.82. The van der Waals surface area contributed by atoms with Gasteiger partial charge in [0.05, 0.1) is 0 Å². The minimum absolute atomic E-state index is 0.440. The number of nitrogens with zero attached hydrogens (tertiary/aromatic N) is 1. The summed E-state index contributed by atoms with van der Waals surface area (Å²) in [4.78, 5) is 2.76. The van der Waals surface area contributed by atoms with Crippen LogP contribution >= 0.6 is 0 Å². The molecule has 112 valence electrons. The Morgan fingerprint density at radius 2 is 2.05 bits per heavy atom. The van der Waals surface area contributed by atoms with Gasteiger partial charge in [-0.3, -0.25) is 4.90 Å². The smallest absolute Gasteiger partial charge is 0.0153 e. The molecule has 0 aromatic rings. The highest BCUT2D eigenvalue weighted by Crippen LogP contribution is 2.34. The summed E-state index contributed by atoms with van der Waals surface area (Å²) in [5.41, 5.74) is 0.440. The molecule has 0 spiro atoms. The minimum atomic E-state index is 0.440. The summed E-state index contributed by atoms with van der Waals surface area (Å²) >= 11 is 0. The van der Waals surface area contributed by atoms with Gasteiger partial charge in [0, 0.05) is 18.1 Å². The zero-order chi connectivity index (χ0) is 13.9. The van der Waals surface area contributed by atoms with Gasteiger partial charge in [-0.05, 0) is 77.3 Å². The van der Waals surface area contributed by atoms with Crippen LogP contribution in [0.4, 0.5) is 0 Å². The monoisotopic (exact) mass is 266 g/mol. The minimum Gasteiger partial charge on any atom is -0.314 e. The molecule has 0 aromatic heterocycles. The van der Waals surface area contributed by atoms with Gasteiger partial charge in [0.2, 0.25) is 0 Å². The fourth-order valence-electron chi connectivity index (χ4n) is 4.08. The van der Waals surface area contributed by atoms with Crippen LogP contribution < -0.4 is 5.32 Å². The molecule has 3 unspecified atom stereocenters. The molecule has 1 saturated heterocycles. The van der Waals surface area contributed by atoms with Crippen LogP contribution in [0.3, 0.4) is 0 Å². The van der Waals surface area contributed by atoms with Gasteiger partial charge in [-0.15, -0.1) is 0 Å². The van der Waals surface area contributed by atoms with Crippen molar-refractivity contribution in [2.45, 2.75) is 77.8 Å². The first-order chi connectivity index (χ1) is 9.03. The largest absolute Gasteiger partial charge is 0.314 e. The van der Waals surface area contributed by atoms with E-state index in [1.165, 1.54) is 58.2 Å². The second-order valence-corrected chi connectivity index (χ2v) is 7.60. The predicted molar refractivity (Wildman–Crippen MR) is 83.5 cm³/mol. The van der Waals surface area contributed by atoms with Crippen LogP contribution in [-0.4, -0.2) is 36.1 Å². The molecule has 1 saturated carbocycles. The van der Waals surface area contributed by atoms with Crippen LogP contribution in [0, 0.1) is 11.8 Å². The summed E-state index contributed by atoms with van der Waals surface area (Å²) < 4.78 is 0. The first kappa shape index (κ1) is 15.3. The van der Waals surface area contributed by atoms with Gasteiger partial charge in [0.15, 0.2) is 0 Å². The molecule has 2 fully saturated rings. The zero-order valence-electron chi connectivity index (χ0n) is 13.5. The third kappa shape index (κ3) is 3.95. The van der Waals surface area contributed by atoms with E-state index in [2.05, 4.69) is 37.9 Å². The Hall–Kier alpha value is -0.0800. The fourth-order valence-corrected chi connectivity index (χ4v) is 4.08. The first-order valence-electron chi connectivity index (χ1n) is 8.51. The van der Waals surface area contributed by atoms with Gasteiger partial charge >= 0.3 is 0 Å². The van der Waals surface area contributed by atoms with Gasteiger partial charge in [0.25, 0.3) is 0 Å². The lowest BCUT2D eigenvalue weighted by Crippen LogP contribution is -2.49. The van der Waals surface area contributed by atoms with Gasteiger partial charge < -0.3 is 5.32 Å². The van der Waals surface area contributed by atoms with E-state index in [0.717, 1.165) is 17.9 Å². The molecule has 0 radical (unpaired) electrons. The average Bonchev–Trinajstić information content (AvgIpc) is 2.68. The Labute approximate surface area is 120 Å². The summed E-state index contributed by atoms with van der Waals surface area (Å²) in [5.74, 6) is 1.79. The Kier molecular flexibility index (Phi) is 5.30. The molecule has 1 aliphatic heterocycles. The Morgan fingerprint density at radius 1 is 1.26 bits per heavy atom. The van der Waals surface area contributed by atoms with E-state index in [1.54, 1.807) is 0 Å². The molecule has 1 aliphatic carbocycles. The molecule has 2 aliphatic rings. The highest BCUT2D eigenvalue weighted by molar-refractivity contribution is 4.92. The van der Waals surface area contributed by atoms with Crippen molar-refractivity contribution in [3.8, 4) is 0 Å². The third-order valence-electron chi connectivity index (χ3n) is 5.43. The van der Waals surface area contributed by atoms with E-state index in [0.29, 0.717) is 5.54 Å². The van der Waals surface area contributed by atoms with Crippen molar-refractivity contribution in [3.05, 3.63) is 0 Å². The van der Waals surface area contributed by atoms with E-state index >= 15 is 0 Å². The number of hydrogen-bond donors (Lipinski definition) is 1. The van der Waals surface area contributed by atoms with E-state index in [-0.39, 0.29) is 0 Å². The van der Waals surface area contributed by atoms with Crippen molar-refractivity contribution in [2.75, 3.05) is 19.6 Å². The molecule has 1 heterocycles. The summed E-state index contributed by atoms with van der Waals surface area (Å²) in [7, 11) is 0. The number of rotatable bonds is 5. The van der Waals surface area contributed by atoms with E-state index < -0.39 is 0 Å². The van der Waals surface area contributed by atoms with Crippen LogP contribution in [0.5, 0.6) is 0 Å². The average molecular weight is 266 g/mol. The molecule has 3 atom stereocenters. The molecular weight excluding hydrogens is 232 g/mol. The van der Waals surface area contributed by atoms with Crippen molar-refractivity contribution >= 4 is 0 Å². The molecule has 2 rings (SSSR count). The van der Waals surface area contributed by atoms with Crippen LogP contribution in [0.15, 0.2) is 0 Å². The van der Waals surface area contributed by atoms with Gasteiger partial charge in [-0.2, -0.15) is 0 Å². The summed E-state index contributed by atoms with van der Waals surface area (Å²) in [5, 5.41) is 3.82. The lowest BCUT2D eigenvalue weighted by Gasteiger charge is -2.41. The molecule has 0 amide bonds. The van der Waals surface area contributed by atoms with E-state index in [1.807, 2.05) is 0 Å². The summed E-state index contributed by atoms with van der Waals surface area (Å²) in [6.07, 6.45) is 8.26. The van der Waals surface area contributed by atoms with Gasteiger partial charge in [0.1, 0.15) is 0 Å². The number of hydrogen-bond acceptors (Lipinski definition) is 2.